The topological polar surface area (TPSA) is 137 Å². The lowest BCUT2D eigenvalue weighted by Crippen LogP contribution is -2.43. The van der Waals surface area contributed by atoms with Crippen LogP contribution in [0.25, 0.3) is 11.3 Å². The van der Waals surface area contributed by atoms with Crippen LogP contribution in [-0.2, 0) is 21.6 Å². The van der Waals surface area contributed by atoms with Gasteiger partial charge in [-0.2, -0.15) is 0 Å². The van der Waals surface area contributed by atoms with Gasteiger partial charge in [-0.15, -0.1) is 0 Å². The van der Waals surface area contributed by atoms with Crippen LogP contribution >= 0.6 is 11.6 Å². The van der Waals surface area contributed by atoms with Gasteiger partial charge in [0, 0.05) is 41.0 Å². The van der Waals surface area contributed by atoms with Gasteiger partial charge in [0.1, 0.15) is 11.7 Å². The smallest absolute Gasteiger partial charge is 0.412 e. The number of hydrogen-bond donors (Lipinski definition) is 4. The molecule has 11 heteroatoms. The highest BCUT2D eigenvalue weighted by molar-refractivity contribution is 6.30. The third kappa shape index (κ3) is 5.33. The van der Waals surface area contributed by atoms with Crippen LogP contribution in [-0.4, -0.2) is 51.2 Å². The van der Waals surface area contributed by atoms with Crippen molar-refractivity contribution in [3.8, 4) is 11.3 Å². The predicted octanol–water partition coefficient (Wildman–Crippen LogP) is 5.84. The number of halogens is 1. The molecule has 0 bridgehead atoms. The molecule has 4 aromatic rings. The van der Waals surface area contributed by atoms with Gasteiger partial charge in [0.05, 0.1) is 17.9 Å². The summed E-state index contributed by atoms with van der Waals surface area (Å²) in [6, 6.07) is 21.8. The maximum absolute atomic E-state index is 14.1. The highest BCUT2D eigenvalue weighted by Crippen LogP contribution is 2.44. The number of hydrogen-bond acceptors (Lipinski definition) is 5. The lowest BCUT2D eigenvalue weighted by Gasteiger charge is -2.35. The van der Waals surface area contributed by atoms with Gasteiger partial charge in [0.15, 0.2) is 5.60 Å². The molecule has 0 saturated carbocycles. The molecule has 3 heterocycles. The zero-order chi connectivity index (χ0) is 28.6. The summed E-state index contributed by atoms with van der Waals surface area (Å²) in [5.74, 6) is -0.246. The van der Waals surface area contributed by atoms with Crippen LogP contribution in [0.2, 0.25) is 5.02 Å². The lowest BCUT2D eigenvalue weighted by molar-refractivity contribution is -0.133. The van der Waals surface area contributed by atoms with Gasteiger partial charge in [0.25, 0.3) is 0 Å². The third-order valence-electron chi connectivity index (χ3n) is 7.48. The van der Waals surface area contributed by atoms with Gasteiger partial charge in [-0.25, -0.2) is 14.6 Å². The number of likely N-dealkylation sites (tertiary alicyclic amines) is 1. The highest BCUT2D eigenvalue weighted by atomic mass is 35.5. The van der Waals surface area contributed by atoms with E-state index in [-0.39, 0.29) is 12.5 Å². The van der Waals surface area contributed by atoms with Crippen LogP contribution in [0.15, 0.2) is 79.0 Å². The maximum atomic E-state index is 14.1. The summed E-state index contributed by atoms with van der Waals surface area (Å²) in [6.45, 7) is 0.596. The van der Waals surface area contributed by atoms with E-state index in [2.05, 4.69) is 15.6 Å². The lowest BCUT2D eigenvalue weighted by atomic mass is 9.90. The Morgan fingerprint density at radius 2 is 1.90 bits per heavy atom. The molecule has 2 aliphatic rings. The summed E-state index contributed by atoms with van der Waals surface area (Å²) >= 11 is 6.29. The van der Waals surface area contributed by atoms with E-state index >= 15 is 0 Å². The number of aromatic nitrogens is 2. The molecule has 0 radical (unpaired) electrons. The molecule has 41 heavy (non-hydrogen) atoms. The number of fused-ring (bicyclic) bond motifs is 2. The van der Waals surface area contributed by atoms with Gasteiger partial charge < -0.3 is 19.7 Å². The number of rotatable bonds is 6. The number of anilines is 2. The van der Waals surface area contributed by atoms with Gasteiger partial charge >= 0.3 is 12.2 Å². The normalized spacial score (nSPS) is 18.4. The molecule has 2 aliphatic heterocycles. The number of nitrogens with zero attached hydrogens (tertiary/aromatic N) is 2. The Kier molecular flexibility index (Phi) is 6.84. The average molecular weight is 572 g/mol. The largest absolute Gasteiger partial charge is 0.465 e. The SMILES string of the molecule is O=C(O)Nc1ccc(-c2c[nH]c([C@H](Cc3ccccc3)C(=O)N3CC[C@@]4(C3)OC(=O)Nc3ccc(Cl)cc34)n2)cc1. The van der Waals surface area contributed by atoms with Crippen LogP contribution in [0.5, 0.6) is 0 Å². The number of aromatic amines is 1. The van der Waals surface area contributed by atoms with Crippen LogP contribution in [0.4, 0.5) is 21.0 Å². The first kappa shape index (κ1) is 26.4. The molecule has 6 rings (SSSR count). The first-order valence-corrected chi connectivity index (χ1v) is 13.5. The first-order valence-electron chi connectivity index (χ1n) is 13.1. The van der Waals surface area contributed by atoms with Crippen LogP contribution in [0, 0.1) is 0 Å². The third-order valence-corrected chi connectivity index (χ3v) is 7.72. The zero-order valence-electron chi connectivity index (χ0n) is 21.8. The van der Waals surface area contributed by atoms with E-state index in [0.717, 1.165) is 16.7 Å². The fourth-order valence-corrected chi connectivity index (χ4v) is 5.70. The summed E-state index contributed by atoms with van der Waals surface area (Å²) < 4.78 is 5.83. The van der Waals surface area contributed by atoms with Crippen LogP contribution in [0.3, 0.4) is 0 Å². The van der Waals surface area contributed by atoms with E-state index in [0.29, 0.717) is 47.3 Å². The Balaban J connectivity index is 1.29. The van der Waals surface area contributed by atoms with Crippen molar-refractivity contribution in [1.29, 1.82) is 0 Å². The Bertz CT molecular complexity index is 1620. The summed E-state index contributed by atoms with van der Waals surface area (Å²) in [7, 11) is 0. The minimum Gasteiger partial charge on any atom is -0.465 e. The highest BCUT2D eigenvalue weighted by Gasteiger charge is 2.49. The van der Waals surface area contributed by atoms with Gasteiger partial charge in [-0.05, 0) is 42.3 Å². The van der Waals surface area contributed by atoms with Crippen molar-refractivity contribution >= 4 is 41.1 Å². The molecule has 1 saturated heterocycles. The fraction of sp³-hybridized carbons (Fsp3) is 0.200. The molecule has 208 valence electrons. The second-order valence-corrected chi connectivity index (χ2v) is 10.6. The quantitative estimate of drug-likeness (QED) is 0.230. The van der Waals surface area contributed by atoms with E-state index < -0.39 is 23.7 Å². The van der Waals surface area contributed by atoms with Crippen molar-refractivity contribution in [2.75, 3.05) is 23.7 Å². The molecular weight excluding hydrogens is 546 g/mol. The first-order chi connectivity index (χ1) is 19.8. The number of ether oxygens (including phenoxy) is 1. The van der Waals surface area contributed by atoms with Crippen molar-refractivity contribution in [1.82, 2.24) is 14.9 Å². The number of H-pyrrole nitrogens is 1. The summed E-state index contributed by atoms with van der Waals surface area (Å²) in [6.07, 6.45) is 0.893. The molecule has 3 amide bonds. The molecule has 1 spiro atoms. The van der Waals surface area contributed by atoms with E-state index in [9.17, 15) is 14.4 Å². The van der Waals surface area contributed by atoms with E-state index in [1.54, 1.807) is 53.6 Å². The monoisotopic (exact) mass is 571 g/mol. The van der Waals surface area contributed by atoms with Crippen molar-refractivity contribution < 1.29 is 24.2 Å². The Morgan fingerprint density at radius 1 is 1.12 bits per heavy atom. The second-order valence-electron chi connectivity index (χ2n) is 10.1. The van der Waals surface area contributed by atoms with E-state index in [1.165, 1.54) is 0 Å². The Morgan fingerprint density at radius 3 is 2.66 bits per heavy atom. The molecule has 2 atom stereocenters. The number of carboxylic acid groups (broad SMARTS) is 1. The molecular formula is C30H26ClN5O5. The summed E-state index contributed by atoms with van der Waals surface area (Å²) in [4.78, 5) is 47.2. The number of amides is 3. The zero-order valence-corrected chi connectivity index (χ0v) is 22.5. The Labute approximate surface area is 240 Å². The van der Waals surface area contributed by atoms with E-state index in [4.69, 9.17) is 26.4 Å². The van der Waals surface area contributed by atoms with Crippen molar-refractivity contribution in [2.45, 2.75) is 24.4 Å². The van der Waals surface area contributed by atoms with Gasteiger partial charge in [-0.1, -0.05) is 54.1 Å². The number of carbonyl (C=O) groups excluding carboxylic acids is 2. The molecule has 0 unspecified atom stereocenters. The van der Waals surface area contributed by atoms with Crippen molar-refractivity contribution in [3.63, 3.8) is 0 Å². The number of carbonyl (C=O) groups is 3. The molecule has 1 aromatic heterocycles. The molecule has 10 nitrogen and oxygen atoms in total. The van der Waals surface area contributed by atoms with Crippen molar-refractivity contribution in [3.05, 3.63) is 101 Å². The van der Waals surface area contributed by atoms with Crippen LogP contribution in [0.1, 0.15) is 29.3 Å². The minimum absolute atomic E-state index is 0.134. The second kappa shape index (κ2) is 10.6. The number of benzene rings is 3. The fourth-order valence-electron chi connectivity index (χ4n) is 5.53. The van der Waals surface area contributed by atoms with Crippen LogP contribution < -0.4 is 10.6 Å². The summed E-state index contributed by atoms with van der Waals surface area (Å²) in [5.41, 5.74) is 3.20. The summed E-state index contributed by atoms with van der Waals surface area (Å²) in [5, 5.41) is 14.5. The van der Waals surface area contributed by atoms with Crippen molar-refractivity contribution in [2.24, 2.45) is 0 Å². The van der Waals surface area contributed by atoms with E-state index in [1.807, 2.05) is 30.3 Å². The van der Waals surface area contributed by atoms with Gasteiger partial charge in [-0.3, -0.25) is 15.4 Å². The molecule has 3 aromatic carbocycles. The predicted molar refractivity (Wildman–Crippen MR) is 153 cm³/mol. The molecule has 0 aliphatic carbocycles. The standard InChI is InChI=1S/C30H26ClN5O5/c31-20-8-11-24-23(15-20)30(41-29(40)35-24)12-13-36(17-30)27(37)22(14-18-4-2-1-3-5-18)26-32-16-25(34-26)19-6-9-21(10-7-19)33-28(38)39/h1-11,15-16,22,33H,12-14,17H2,(H,32,34)(H,35,40)(H,38,39)/t22-,30-/m0/s1. The minimum atomic E-state index is -1.14. The number of imidazole rings is 1. The Hall–Kier alpha value is -4.83. The number of nitrogens with one attached hydrogen (secondary N) is 3. The molecule has 1 fully saturated rings. The average Bonchev–Trinajstić information content (AvgIpc) is 3.61. The maximum Gasteiger partial charge on any atom is 0.412 e. The van der Waals surface area contributed by atoms with Gasteiger partial charge in [0.2, 0.25) is 5.91 Å². The molecule has 4 N–H and O–H groups in total.